The van der Waals surface area contributed by atoms with Gasteiger partial charge < -0.3 is 15.8 Å². The highest BCUT2D eigenvalue weighted by Crippen LogP contribution is 2.16. The van der Waals surface area contributed by atoms with Gasteiger partial charge in [0.25, 0.3) is 0 Å². The molecule has 4 nitrogen and oxygen atoms in total. The topological polar surface area (TPSA) is 64.3 Å². The van der Waals surface area contributed by atoms with Crippen molar-refractivity contribution in [1.29, 1.82) is 0 Å². The first-order chi connectivity index (χ1) is 8.08. The summed E-state index contributed by atoms with van der Waals surface area (Å²) in [6, 6.07) is 4.26. The van der Waals surface area contributed by atoms with E-state index in [1.165, 1.54) is 6.07 Å². The van der Waals surface area contributed by atoms with E-state index in [2.05, 4.69) is 5.32 Å². The van der Waals surface area contributed by atoms with Crippen LogP contribution in [0.25, 0.3) is 0 Å². The van der Waals surface area contributed by atoms with E-state index in [9.17, 15) is 9.18 Å². The first kappa shape index (κ1) is 13.4. The second-order valence-electron chi connectivity index (χ2n) is 3.66. The van der Waals surface area contributed by atoms with Gasteiger partial charge in [0, 0.05) is 6.54 Å². The first-order valence-electron chi connectivity index (χ1n) is 5.47. The van der Waals surface area contributed by atoms with Gasteiger partial charge in [-0.05, 0) is 31.0 Å². The molecule has 1 rings (SSSR count). The summed E-state index contributed by atoms with van der Waals surface area (Å²) < 4.78 is 17.9. The average Bonchev–Trinajstić information content (AvgIpc) is 2.30. The van der Waals surface area contributed by atoms with Gasteiger partial charge in [-0.2, -0.15) is 0 Å². The summed E-state index contributed by atoms with van der Waals surface area (Å²) in [6.45, 7) is 3.91. The Morgan fingerprint density at radius 3 is 2.82 bits per heavy atom. The summed E-state index contributed by atoms with van der Waals surface area (Å²) in [6.07, 6.45) is -0.523. The van der Waals surface area contributed by atoms with Crippen LogP contribution in [0.2, 0.25) is 0 Å². The number of rotatable bonds is 4. The van der Waals surface area contributed by atoms with Crippen LogP contribution in [-0.2, 0) is 4.74 Å². The highest BCUT2D eigenvalue weighted by molar-refractivity contribution is 5.67. The van der Waals surface area contributed by atoms with E-state index in [1.54, 1.807) is 26.0 Å². The quantitative estimate of drug-likeness (QED) is 0.844. The zero-order valence-corrected chi connectivity index (χ0v) is 10.00. The molecule has 0 aliphatic rings. The van der Waals surface area contributed by atoms with E-state index < -0.39 is 6.09 Å². The van der Waals surface area contributed by atoms with Crippen molar-refractivity contribution in [3.63, 3.8) is 0 Å². The van der Waals surface area contributed by atoms with E-state index in [-0.39, 0.29) is 18.4 Å². The van der Waals surface area contributed by atoms with Gasteiger partial charge in [-0.1, -0.05) is 12.1 Å². The number of hydrogen-bond donors (Lipinski definition) is 2. The smallest absolute Gasteiger partial charge is 0.407 e. The van der Waals surface area contributed by atoms with Crippen LogP contribution in [0.15, 0.2) is 18.2 Å². The first-order valence-corrected chi connectivity index (χ1v) is 5.47. The summed E-state index contributed by atoms with van der Waals surface area (Å²) in [5.41, 5.74) is 6.86. The van der Waals surface area contributed by atoms with Crippen molar-refractivity contribution in [2.75, 3.05) is 13.2 Å². The average molecular weight is 240 g/mol. The van der Waals surface area contributed by atoms with E-state index in [4.69, 9.17) is 10.5 Å². The van der Waals surface area contributed by atoms with Crippen LogP contribution in [0.5, 0.6) is 0 Å². The van der Waals surface area contributed by atoms with Gasteiger partial charge in [-0.15, -0.1) is 0 Å². The summed E-state index contributed by atoms with van der Waals surface area (Å²) in [5.74, 6) is -0.277. The maximum atomic E-state index is 13.1. The third-order valence-corrected chi connectivity index (χ3v) is 2.39. The van der Waals surface area contributed by atoms with E-state index >= 15 is 0 Å². The Labute approximate surface area is 100.0 Å². The van der Waals surface area contributed by atoms with Crippen molar-refractivity contribution in [1.82, 2.24) is 5.32 Å². The standard InChI is InChI=1S/C12H17FN2O2/c1-3-17-12(16)15-11(7-14)9-4-5-10(13)8(2)6-9/h4-6,11H,3,7,14H2,1-2H3,(H,15,16). The molecule has 0 aliphatic carbocycles. The largest absolute Gasteiger partial charge is 0.450 e. The maximum Gasteiger partial charge on any atom is 0.407 e. The number of alkyl carbamates (subject to hydrolysis) is 1. The van der Waals surface area contributed by atoms with Gasteiger partial charge in [0.15, 0.2) is 0 Å². The minimum absolute atomic E-state index is 0.226. The fraction of sp³-hybridized carbons (Fsp3) is 0.417. The number of carbonyl (C=O) groups is 1. The molecule has 0 spiro atoms. The Kier molecular flexibility index (Phi) is 4.90. The predicted octanol–water partition coefficient (Wildman–Crippen LogP) is 1.88. The zero-order valence-electron chi connectivity index (χ0n) is 10.00. The van der Waals surface area contributed by atoms with Gasteiger partial charge in [-0.3, -0.25) is 0 Å². The minimum Gasteiger partial charge on any atom is -0.450 e. The Balaban J connectivity index is 2.79. The van der Waals surface area contributed by atoms with Crippen molar-refractivity contribution in [2.24, 2.45) is 5.73 Å². The lowest BCUT2D eigenvalue weighted by Crippen LogP contribution is -2.33. The fourth-order valence-electron chi connectivity index (χ4n) is 1.48. The molecule has 1 atom stereocenters. The molecule has 0 fully saturated rings. The van der Waals surface area contributed by atoms with Crippen molar-refractivity contribution in [3.8, 4) is 0 Å². The Morgan fingerprint density at radius 2 is 2.29 bits per heavy atom. The molecule has 0 saturated carbocycles. The summed E-state index contributed by atoms with van der Waals surface area (Å²) >= 11 is 0. The molecule has 1 aromatic carbocycles. The van der Waals surface area contributed by atoms with Crippen LogP contribution in [0.4, 0.5) is 9.18 Å². The number of ether oxygens (including phenoxy) is 1. The highest BCUT2D eigenvalue weighted by Gasteiger charge is 2.14. The number of nitrogens with one attached hydrogen (secondary N) is 1. The maximum absolute atomic E-state index is 13.1. The third kappa shape index (κ3) is 3.71. The number of amides is 1. The molecule has 0 saturated heterocycles. The normalized spacial score (nSPS) is 12.0. The van der Waals surface area contributed by atoms with Crippen molar-refractivity contribution >= 4 is 6.09 Å². The number of carbonyl (C=O) groups excluding carboxylic acids is 1. The number of aryl methyl sites for hydroxylation is 1. The lowest BCUT2D eigenvalue weighted by atomic mass is 10.0. The lowest BCUT2D eigenvalue weighted by molar-refractivity contribution is 0.148. The van der Waals surface area contributed by atoms with Crippen LogP contribution in [0.1, 0.15) is 24.1 Å². The summed E-state index contributed by atoms with van der Waals surface area (Å²) in [4.78, 5) is 11.3. The Bertz CT molecular complexity index is 396. The fourth-order valence-corrected chi connectivity index (χ4v) is 1.48. The molecule has 3 N–H and O–H groups in total. The number of hydrogen-bond acceptors (Lipinski definition) is 3. The Morgan fingerprint density at radius 1 is 1.59 bits per heavy atom. The molecule has 0 radical (unpaired) electrons. The molecule has 0 heterocycles. The third-order valence-electron chi connectivity index (χ3n) is 2.39. The highest BCUT2D eigenvalue weighted by atomic mass is 19.1. The van der Waals surface area contributed by atoms with Gasteiger partial charge >= 0.3 is 6.09 Å². The molecule has 1 unspecified atom stereocenters. The van der Waals surface area contributed by atoms with Crippen molar-refractivity contribution < 1.29 is 13.9 Å². The van der Waals surface area contributed by atoms with Gasteiger partial charge in [0.1, 0.15) is 5.82 Å². The van der Waals surface area contributed by atoms with Crippen molar-refractivity contribution in [2.45, 2.75) is 19.9 Å². The molecule has 94 valence electrons. The summed E-state index contributed by atoms with van der Waals surface area (Å²) in [5, 5.41) is 2.62. The second kappa shape index (κ2) is 6.20. The van der Waals surface area contributed by atoms with Crippen LogP contribution in [0.3, 0.4) is 0 Å². The van der Waals surface area contributed by atoms with Crippen LogP contribution >= 0.6 is 0 Å². The number of halogens is 1. The molecule has 17 heavy (non-hydrogen) atoms. The van der Waals surface area contributed by atoms with Crippen LogP contribution in [-0.4, -0.2) is 19.2 Å². The molecular formula is C12H17FN2O2. The molecule has 0 aliphatic heterocycles. The lowest BCUT2D eigenvalue weighted by Gasteiger charge is -2.17. The predicted molar refractivity (Wildman–Crippen MR) is 63.1 cm³/mol. The molecule has 0 aromatic heterocycles. The monoisotopic (exact) mass is 240 g/mol. The minimum atomic E-state index is -0.523. The van der Waals surface area contributed by atoms with E-state index in [0.717, 1.165) is 5.56 Å². The molecule has 1 aromatic rings. The van der Waals surface area contributed by atoms with Gasteiger partial charge in [-0.25, -0.2) is 9.18 Å². The van der Waals surface area contributed by atoms with Crippen molar-refractivity contribution in [3.05, 3.63) is 35.1 Å². The SMILES string of the molecule is CCOC(=O)NC(CN)c1ccc(F)c(C)c1. The van der Waals surface area contributed by atoms with E-state index in [0.29, 0.717) is 12.2 Å². The molecule has 1 amide bonds. The second-order valence-corrected chi connectivity index (χ2v) is 3.66. The molecule has 5 heteroatoms. The number of nitrogens with two attached hydrogens (primary N) is 1. The van der Waals surface area contributed by atoms with E-state index in [1.807, 2.05) is 0 Å². The Hall–Kier alpha value is -1.62. The number of benzene rings is 1. The van der Waals surface area contributed by atoms with Crippen LogP contribution in [0, 0.1) is 12.7 Å². The molecular weight excluding hydrogens is 223 g/mol. The summed E-state index contributed by atoms with van der Waals surface area (Å²) in [7, 11) is 0. The molecule has 0 bridgehead atoms. The van der Waals surface area contributed by atoms with Crippen LogP contribution < -0.4 is 11.1 Å². The zero-order chi connectivity index (χ0) is 12.8. The van der Waals surface area contributed by atoms with Gasteiger partial charge in [0.2, 0.25) is 0 Å². The van der Waals surface area contributed by atoms with Gasteiger partial charge in [0.05, 0.1) is 12.6 Å².